The Balaban J connectivity index is 1.66. The summed E-state index contributed by atoms with van der Waals surface area (Å²) in [7, 11) is 0. The summed E-state index contributed by atoms with van der Waals surface area (Å²) in [5.74, 6) is 0.257. The lowest BCUT2D eigenvalue weighted by Crippen LogP contribution is -2.47. The van der Waals surface area contributed by atoms with Gasteiger partial charge < -0.3 is 10.3 Å². The quantitative estimate of drug-likeness (QED) is 0.474. The molecule has 2 heterocycles. The Bertz CT molecular complexity index is 1600. The van der Waals surface area contributed by atoms with Gasteiger partial charge in [0.15, 0.2) is 0 Å². The topological polar surface area (TPSA) is 44.9 Å². The molecule has 1 amide bonds. The Morgan fingerprint density at radius 1 is 0.833 bits per heavy atom. The van der Waals surface area contributed by atoms with Crippen molar-refractivity contribution < 1.29 is 4.79 Å². The molecule has 1 aromatic heterocycles. The number of aromatic amines is 1. The van der Waals surface area contributed by atoms with Gasteiger partial charge in [0, 0.05) is 28.0 Å². The maximum absolute atomic E-state index is 13.4. The number of carbonyl (C=O) groups is 1. The van der Waals surface area contributed by atoms with E-state index in [2.05, 4.69) is 77.1 Å². The summed E-state index contributed by atoms with van der Waals surface area (Å²) >= 11 is 0. The molecule has 142 valence electrons. The Kier molecular flexibility index (Phi) is 2.99. The number of fused-ring (bicyclic) bond motifs is 10. The van der Waals surface area contributed by atoms with E-state index in [1.54, 1.807) is 0 Å². The van der Waals surface area contributed by atoms with Crippen LogP contribution in [0.15, 0.2) is 85.0 Å². The average Bonchev–Trinajstić information content (AvgIpc) is 3.19. The highest BCUT2D eigenvalue weighted by atomic mass is 16.1. The van der Waals surface area contributed by atoms with Crippen molar-refractivity contribution in [2.45, 2.75) is 5.92 Å². The Morgan fingerprint density at radius 3 is 2.60 bits per heavy atom. The van der Waals surface area contributed by atoms with E-state index < -0.39 is 0 Å². The molecular weight excluding hydrogens is 368 g/mol. The van der Waals surface area contributed by atoms with Crippen LogP contribution in [0.4, 0.5) is 0 Å². The molecule has 3 nitrogen and oxygen atoms in total. The first kappa shape index (κ1) is 16.0. The highest BCUT2D eigenvalue weighted by Crippen LogP contribution is 2.45. The van der Waals surface area contributed by atoms with Gasteiger partial charge in [0.05, 0.1) is 16.6 Å². The van der Waals surface area contributed by atoms with Crippen LogP contribution in [-0.4, -0.2) is 10.9 Å². The van der Waals surface area contributed by atoms with Crippen molar-refractivity contribution in [1.82, 2.24) is 10.3 Å². The van der Waals surface area contributed by atoms with Crippen LogP contribution in [-0.2, 0) is 0 Å². The Hall–Kier alpha value is -3.85. The van der Waals surface area contributed by atoms with Gasteiger partial charge in [-0.15, -0.1) is 0 Å². The zero-order valence-corrected chi connectivity index (χ0v) is 16.1. The molecule has 0 spiro atoms. The van der Waals surface area contributed by atoms with E-state index in [9.17, 15) is 4.79 Å². The Morgan fingerprint density at radius 2 is 1.67 bits per heavy atom. The lowest BCUT2D eigenvalue weighted by molar-refractivity contribution is 0.0966. The largest absolute Gasteiger partial charge is 0.353 e. The van der Waals surface area contributed by atoms with Gasteiger partial charge in [-0.1, -0.05) is 78.9 Å². The minimum absolute atomic E-state index is 0.0172. The van der Waals surface area contributed by atoms with Crippen LogP contribution in [0.1, 0.15) is 21.8 Å². The fourth-order valence-electron chi connectivity index (χ4n) is 5.55. The van der Waals surface area contributed by atoms with E-state index >= 15 is 0 Å². The molecule has 7 rings (SSSR count). The molecule has 2 atom stereocenters. The fraction of sp³-hybridized carbons (Fsp3) is 0.0741. The normalized spacial score (nSPS) is 21.3. The van der Waals surface area contributed by atoms with Crippen molar-refractivity contribution >= 4 is 38.9 Å². The number of rotatable bonds is 0. The van der Waals surface area contributed by atoms with Crippen LogP contribution < -0.4 is 15.9 Å². The van der Waals surface area contributed by atoms with E-state index in [1.807, 2.05) is 18.2 Å². The summed E-state index contributed by atoms with van der Waals surface area (Å²) < 4.78 is 0. The molecule has 2 aliphatic carbocycles. The van der Waals surface area contributed by atoms with Crippen molar-refractivity contribution in [3.8, 4) is 0 Å². The van der Waals surface area contributed by atoms with Gasteiger partial charge in [0.2, 0.25) is 0 Å². The number of benzene rings is 3. The molecule has 3 aliphatic rings. The number of aromatic nitrogens is 1. The van der Waals surface area contributed by atoms with Crippen LogP contribution >= 0.6 is 0 Å². The predicted molar refractivity (Wildman–Crippen MR) is 120 cm³/mol. The van der Waals surface area contributed by atoms with Crippen LogP contribution in [0, 0.1) is 5.92 Å². The van der Waals surface area contributed by atoms with Crippen LogP contribution in [0.25, 0.3) is 32.9 Å². The lowest BCUT2D eigenvalue weighted by atomic mass is 9.70. The van der Waals surface area contributed by atoms with Gasteiger partial charge in [-0.2, -0.15) is 0 Å². The van der Waals surface area contributed by atoms with Crippen molar-refractivity contribution in [3.05, 3.63) is 107 Å². The maximum atomic E-state index is 13.4. The molecule has 3 heteroatoms. The van der Waals surface area contributed by atoms with E-state index in [4.69, 9.17) is 0 Å². The molecule has 0 saturated carbocycles. The molecule has 0 bridgehead atoms. The molecular formula is C27H18N2O. The van der Waals surface area contributed by atoms with Crippen LogP contribution in [0.5, 0.6) is 0 Å². The fourth-order valence-corrected chi connectivity index (χ4v) is 5.55. The molecule has 2 N–H and O–H groups in total. The molecule has 4 aromatic rings. The second-order valence-corrected chi connectivity index (χ2v) is 8.24. The van der Waals surface area contributed by atoms with Crippen LogP contribution in [0.3, 0.4) is 0 Å². The predicted octanol–water partition coefficient (Wildman–Crippen LogP) is 3.86. The van der Waals surface area contributed by atoms with Gasteiger partial charge in [-0.05, 0) is 28.0 Å². The number of carbonyl (C=O) groups excluding carboxylic acids is 1. The van der Waals surface area contributed by atoms with Crippen molar-refractivity contribution in [1.29, 1.82) is 0 Å². The summed E-state index contributed by atoms with van der Waals surface area (Å²) in [6.07, 6.45) is 8.76. The number of hydrogen-bond acceptors (Lipinski definition) is 1. The molecule has 0 fully saturated rings. The SMILES string of the molecule is O=C1NC2=c3[nH]c4ccccc4c3=C3C=CC=CC3C2c2ccc3ccccc3c21. The maximum Gasteiger partial charge on any atom is 0.256 e. The number of allylic oxidation sites excluding steroid dienone is 4. The minimum Gasteiger partial charge on any atom is -0.353 e. The first-order valence-electron chi connectivity index (χ1n) is 10.3. The molecule has 2 unspecified atom stereocenters. The number of amides is 1. The average molecular weight is 386 g/mol. The number of para-hydroxylation sites is 1. The highest BCUT2D eigenvalue weighted by molar-refractivity contribution is 6.13. The number of hydrogen-bond donors (Lipinski definition) is 2. The van der Waals surface area contributed by atoms with Gasteiger partial charge >= 0.3 is 0 Å². The summed E-state index contributed by atoms with van der Waals surface area (Å²) in [6.45, 7) is 0. The standard InChI is InChI=1S/C27H18N2O/c30-27-24-16-8-2-1-7-15(16)13-14-20(24)23-18-10-4-3-9-17(18)22-19-11-5-6-12-21(19)28-25(22)26(23)29-27/h1-14,18,23,28H,(H,29,30). The first-order valence-corrected chi connectivity index (χ1v) is 10.3. The van der Waals surface area contributed by atoms with Crippen molar-refractivity contribution in [2.24, 2.45) is 5.92 Å². The third-order valence-electron chi connectivity index (χ3n) is 6.77. The minimum atomic E-state index is -0.0172. The smallest absolute Gasteiger partial charge is 0.256 e. The van der Waals surface area contributed by atoms with E-state index in [-0.39, 0.29) is 17.7 Å². The molecule has 1 aliphatic heterocycles. The molecule has 30 heavy (non-hydrogen) atoms. The van der Waals surface area contributed by atoms with Gasteiger partial charge in [-0.3, -0.25) is 4.79 Å². The monoisotopic (exact) mass is 386 g/mol. The van der Waals surface area contributed by atoms with Gasteiger partial charge in [0.1, 0.15) is 0 Å². The number of nitrogens with one attached hydrogen (secondary N) is 2. The highest BCUT2D eigenvalue weighted by Gasteiger charge is 2.39. The zero-order valence-electron chi connectivity index (χ0n) is 16.1. The van der Waals surface area contributed by atoms with Crippen molar-refractivity contribution in [2.75, 3.05) is 0 Å². The number of H-pyrrole nitrogens is 1. The van der Waals surface area contributed by atoms with E-state index in [0.29, 0.717) is 0 Å². The van der Waals surface area contributed by atoms with Gasteiger partial charge in [-0.25, -0.2) is 0 Å². The second kappa shape index (κ2) is 5.61. The molecule has 3 aromatic carbocycles. The summed E-state index contributed by atoms with van der Waals surface area (Å²) in [4.78, 5) is 17.0. The second-order valence-electron chi connectivity index (χ2n) is 8.24. The Labute approximate surface area is 172 Å². The van der Waals surface area contributed by atoms with Crippen LogP contribution in [0.2, 0.25) is 0 Å². The lowest BCUT2D eigenvalue weighted by Gasteiger charge is -2.37. The third-order valence-corrected chi connectivity index (χ3v) is 6.77. The first-order chi connectivity index (χ1) is 14.8. The summed E-state index contributed by atoms with van der Waals surface area (Å²) in [6, 6.07) is 20.8. The molecule has 0 saturated heterocycles. The van der Waals surface area contributed by atoms with Gasteiger partial charge in [0.25, 0.3) is 5.91 Å². The van der Waals surface area contributed by atoms with E-state index in [0.717, 1.165) is 38.5 Å². The van der Waals surface area contributed by atoms with Crippen molar-refractivity contribution in [3.63, 3.8) is 0 Å². The molecule has 0 radical (unpaired) electrons. The summed E-state index contributed by atoms with van der Waals surface area (Å²) in [5.41, 5.74) is 5.32. The zero-order chi connectivity index (χ0) is 19.8. The third kappa shape index (κ3) is 1.92. The summed E-state index contributed by atoms with van der Waals surface area (Å²) in [5, 5.41) is 8.87. The van der Waals surface area contributed by atoms with E-state index in [1.165, 1.54) is 16.2 Å².